The van der Waals surface area contributed by atoms with Gasteiger partial charge in [-0.3, -0.25) is 4.79 Å². The quantitative estimate of drug-likeness (QED) is 0.883. The van der Waals surface area contributed by atoms with E-state index in [-0.39, 0.29) is 34.1 Å². The summed E-state index contributed by atoms with van der Waals surface area (Å²) in [6.45, 7) is 2.14. The van der Waals surface area contributed by atoms with E-state index in [2.05, 4.69) is 12.2 Å². The largest absolute Gasteiger partial charge is 0.455 e. The molecule has 5 nitrogen and oxygen atoms in total. The van der Waals surface area contributed by atoms with Crippen molar-refractivity contribution in [2.24, 2.45) is 5.92 Å². The Labute approximate surface area is 148 Å². The lowest BCUT2D eigenvalue weighted by molar-refractivity contribution is 0.0880. The van der Waals surface area contributed by atoms with Gasteiger partial charge in [-0.25, -0.2) is 8.42 Å². The zero-order valence-electron chi connectivity index (χ0n) is 14.3. The zero-order chi connectivity index (χ0) is 17.9. The minimum atomic E-state index is -3.49. The minimum Gasteiger partial charge on any atom is -0.455 e. The smallest absolute Gasteiger partial charge is 0.287 e. The van der Waals surface area contributed by atoms with Gasteiger partial charge in [0.25, 0.3) is 5.91 Å². The fourth-order valence-electron chi connectivity index (χ4n) is 3.25. The molecule has 2 aromatic rings. The van der Waals surface area contributed by atoms with Gasteiger partial charge in [-0.05, 0) is 43.0 Å². The molecule has 25 heavy (non-hydrogen) atoms. The molecule has 0 radical (unpaired) electrons. The van der Waals surface area contributed by atoms with Crippen molar-refractivity contribution in [1.29, 1.82) is 0 Å². The second-order valence-electron chi connectivity index (χ2n) is 6.68. The average molecular weight is 361 g/mol. The van der Waals surface area contributed by atoms with Gasteiger partial charge in [0, 0.05) is 6.04 Å². The summed E-state index contributed by atoms with van der Waals surface area (Å²) < 4.78 is 30.2. The molecule has 0 unspecified atom stereocenters. The molecule has 0 spiro atoms. The molecule has 1 N–H and O–H groups in total. The number of hydrogen-bond acceptors (Lipinski definition) is 4. The third-order valence-electron chi connectivity index (χ3n) is 4.75. The SMILES string of the molecule is C[C@@H]1CCCC[C@@H]1NC(=O)c1ccc(CS(=O)(=O)c2ccccc2)o1. The summed E-state index contributed by atoms with van der Waals surface area (Å²) in [5, 5.41) is 3.01. The van der Waals surface area contributed by atoms with Crippen LogP contribution in [0.1, 0.15) is 48.9 Å². The molecule has 1 amide bonds. The van der Waals surface area contributed by atoms with Gasteiger partial charge in [-0.2, -0.15) is 0 Å². The van der Waals surface area contributed by atoms with Crippen LogP contribution in [0.15, 0.2) is 51.8 Å². The van der Waals surface area contributed by atoms with Gasteiger partial charge in [0.2, 0.25) is 0 Å². The molecular weight excluding hydrogens is 338 g/mol. The van der Waals surface area contributed by atoms with Crippen LogP contribution in [0.5, 0.6) is 0 Å². The van der Waals surface area contributed by atoms with E-state index in [0.29, 0.717) is 5.92 Å². The molecule has 0 aliphatic heterocycles. The van der Waals surface area contributed by atoms with Crippen molar-refractivity contribution in [2.75, 3.05) is 0 Å². The van der Waals surface area contributed by atoms with E-state index in [0.717, 1.165) is 19.3 Å². The Morgan fingerprint density at radius 2 is 1.84 bits per heavy atom. The Morgan fingerprint density at radius 3 is 2.56 bits per heavy atom. The normalized spacial score (nSPS) is 21.0. The molecule has 1 heterocycles. The number of furan rings is 1. The highest BCUT2D eigenvalue weighted by molar-refractivity contribution is 7.90. The lowest BCUT2D eigenvalue weighted by Gasteiger charge is -2.29. The Morgan fingerprint density at radius 1 is 1.12 bits per heavy atom. The van der Waals surface area contributed by atoms with E-state index in [9.17, 15) is 13.2 Å². The first-order valence-corrected chi connectivity index (χ1v) is 10.3. The number of sulfone groups is 1. The lowest BCUT2D eigenvalue weighted by Crippen LogP contribution is -2.40. The Kier molecular flexibility index (Phi) is 5.27. The summed E-state index contributed by atoms with van der Waals surface area (Å²) in [6, 6.07) is 11.5. The van der Waals surface area contributed by atoms with E-state index in [1.807, 2.05) is 0 Å². The third-order valence-corrected chi connectivity index (χ3v) is 6.40. The van der Waals surface area contributed by atoms with Crippen LogP contribution in [-0.4, -0.2) is 20.4 Å². The lowest BCUT2D eigenvalue weighted by atomic mass is 9.86. The summed E-state index contributed by atoms with van der Waals surface area (Å²) >= 11 is 0. The average Bonchev–Trinajstić information content (AvgIpc) is 3.06. The van der Waals surface area contributed by atoms with Crippen LogP contribution in [0.4, 0.5) is 0 Å². The predicted octanol–water partition coefficient (Wildman–Crippen LogP) is 3.56. The highest BCUT2D eigenvalue weighted by atomic mass is 32.2. The number of nitrogens with one attached hydrogen (secondary N) is 1. The fraction of sp³-hybridized carbons (Fsp3) is 0.421. The fourth-order valence-corrected chi connectivity index (χ4v) is 4.51. The van der Waals surface area contributed by atoms with Crippen molar-refractivity contribution < 1.29 is 17.6 Å². The first-order valence-electron chi connectivity index (χ1n) is 8.63. The molecule has 0 saturated heterocycles. The van der Waals surface area contributed by atoms with Crippen molar-refractivity contribution in [1.82, 2.24) is 5.32 Å². The van der Waals surface area contributed by atoms with Crippen molar-refractivity contribution in [3.05, 3.63) is 54.0 Å². The van der Waals surface area contributed by atoms with Crippen LogP contribution in [0.3, 0.4) is 0 Å². The van der Waals surface area contributed by atoms with E-state index >= 15 is 0 Å². The number of hydrogen-bond donors (Lipinski definition) is 1. The van der Waals surface area contributed by atoms with Crippen LogP contribution in [0, 0.1) is 5.92 Å². The molecule has 0 bridgehead atoms. The molecular formula is C19H23NO4S. The molecule has 3 rings (SSSR count). The monoisotopic (exact) mass is 361 g/mol. The predicted molar refractivity (Wildman–Crippen MR) is 94.9 cm³/mol. The maximum absolute atomic E-state index is 12.4. The number of carbonyl (C=O) groups is 1. The summed E-state index contributed by atoms with van der Waals surface area (Å²) in [5.74, 6) is 0.346. The van der Waals surface area contributed by atoms with Gasteiger partial charge in [-0.15, -0.1) is 0 Å². The second kappa shape index (κ2) is 7.44. The Balaban J connectivity index is 1.67. The topological polar surface area (TPSA) is 76.4 Å². The van der Waals surface area contributed by atoms with E-state index < -0.39 is 9.84 Å². The van der Waals surface area contributed by atoms with Crippen molar-refractivity contribution in [2.45, 2.75) is 49.3 Å². The molecule has 1 aromatic heterocycles. The number of amides is 1. The van der Waals surface area contributed by atoms with Crippen LogP contribution >= 0.6 is 0 Å². The molecule has 6 heteroatoms. The standard InChI is InChI=1S/C19H23NO4S/c1-14-7-5-6-10-17(14)20-19(21)18-12-11-15(24-18)13-25(22,23)16-8-3-2-4-9-16/h2-4,8-9,11-12,14,17H,5-7,10,13H2,1H3,(H,20,21)/t14-,17+/m1/s1. The van der Waals surface area contributed by atoms with Crippen LogP contribution in [0.2, 0.25) is 0 Å². The minimum absolute atomic E-state index is 0.155. The number of rotatable bonds is 5. The summed E-state index contributed by atoms with van der Waals surface area (Å²) in [4.78, 5) is 12.6. The van der Waals surface area contributed by atoms with Gasteiger partial charge in [0.1, 0.15) is 11.5 Å². The molecule has 1 aliphatic carbocycles. The Hall–Kier alpha value is -2.08. The van der Waals surface area contributed by atoms with Gasteiger partial charge in [0.05, 0.1) is 4.90 Å². The van der Waals surface area contributed by atoms with Crippen LogP contribution < -0.4 is 5.32 Å². The third kappa shape index (κ3) is 4.31. The first-order chi connectivity index (χ1) is 12.0. The van der Waals surface area contributed by atoms with Gasteiger partial charge >= 0.3 is 0 Å². The van der Waals surface area contributed by atoms with Crippen molar-refractivity contribution in [3.8, 4) is 0 Å². The summed E-state index contributed by atoms with van der Waals surface area (Å²) in [6.07, 6.45) is 4.41. The number of benzene rings is 1. The zero-order valence-corrected chi connectivity index (χ0v) is 15.1. The second-order valence-corrected chi connectivity index (χ2v) is 8.67. The Bertz CT molecular complexity index is 826. The number of carbonyl (C=O) groups excluding carboxylic acids is 1. The highest BCUT2D eigenvalue weighted by Crippen LogP contribution is 2.24. The van der Waals surface area contributed by atoms with Gasteiger partial charge in [0.15, 0.2) is 15.6 Å². The van der Waals surface area contributed by atoms with Crippen molar-refractivity contribution >= 4 is 15.7 Å². The maximum atomic E-state index is 12.4. The molecule has 2 atom stereocenters. The van der Waals surface area contributed by atoms with E-state index in [1.54, 1.807) is 42.5 Å². The van der Waals surface area contributed by atoms with Gasteiger partial charge < -0.3 is 9.73 Å². The van der Waals surface area contributed by atoms with E-state index in [1.165, 1.54) is 6.42 Å². The van der Waals surface area contributed by atoms with Crippen LogP contribution in [-0.2, 0) is 15.6 Å². The highest BCUT2D eigenvalue weighted by Gasteiger charge is 2.25. The van der Waals surface area contributed by atoms with E-state index in [4.69, 9.17) is 4.42 Å². The molecule has 1 aromatic carbocycles. The summed E-state index contributed by atoms with van der Waals surface area (Å²) in [5.41, 5.74) is 0. The van der Waals surface area contributed by atoms with Crippen molar-refractivity contribution in [3.63, 3.8) is 0 Å². The molecule has 134 valence electrons. The summed E-state index contributed by atoms with van der Waals surface area (Å²) in [7, 11) is -3.49. The van der Waals surface area contributed by atoms with Crippen LogP contribution in [0.25, 0.3) is 0 Å². The first kappa shape index (κ1) is 17.7. The molecule has 1 saturated carbocycles. The molecule has 1 aliphatic rings. The maximum Gasteiger partial charge on any atom is 0.287 e. The van der Waals surface area contributed by atoms with Gasteiger partial charge in [-0.1, -0.05) is 38.0 Å². The molecule has 1 fully saturated rings.